The van der Waals surface area contributed by atoms with Gasteiger partial charge < -0.3 is 9.64 Å². The minimum absolute atomic E-state index is 0.102. The molecule has 162 valence electrons. The molecule has 30 heavy (non-hydrogen) atoms. The van der Waals surface area contributed by atoms with Crippen LogP contribution in [-0.2, 0) is 23.7 Å². The van der Waals surface area contributed by atoms with Crippen LogP contribution in [0.25, 0.3) is 0 Å². The number of nitrogens with zero attached hydrogens (tertiary/aromatic N) is 1. The first kappa shape index (κ1) is 22.1. The number of rotatable bonds is 4. The number of hydrogen-bond donors (Lipinski definition) is 0. The van der Waals surface area contributed by atoms with E-state index in [0.717, 1.165) is 36.4 Å². The van der Waals surface area contributed by atoms with Gasteiger partial charge in [0.25, 0.3) is 5.91 Å². The molecule has 1 fully saturated rings. The summed E-state index contributed by atoms with van der Waals surface area (Å²) in [7, 11) is 0. The molecule has 0 aromatic heterocycles. The van der Waals surface area contributed by atoms with Gasteiger partial charge in [0.05, 0.1) is 23.8 Å². The van der Waals surface area contributed by atoms with Gasteiger partial charge in [-0.15, -0.1) is 0 Å². The standard InChI is InChI=1S/C21H19F6NO2/c22-20(23,24)16-7-3-14(4-8-16)13-30-18-2-1-11-28(12-18)19(29)15-5-9-17(10-6-15)21(25,26)27/h3-10,18H,1-2,11-13H2. The van der Waals surface area contributed by atoms with E-state index in [1.165, 1.54) is 17.0 Å². The summed E-state index contributed by atoms with van der Waals surface area (Å²) in [4.78, 5) is 14.1. The van der Waals surface area contributed by atoms with E-state index in [1.54, 1.807) is 0 Å². The number of carbonyl (C=O) groups is 1. The second-order valence-corrected chi connectivity index (χ2v) is 7.10. The fourth-order valence-corrected chi connectivity index (χ4v) is 3.25. The zero-order chi connectivity index (χ0) is 21.9. The maximum Gasteiger partial charge on any atom is 0.416 e. The molecule has 1 aliphatic rings. The predicted molar refractivity (Wildman–Crippen MR) is 96.6 cm³/mol. The Morgan fingerprint density at radius 1 is 0.900 bits per heavy atom. The average Bonchev–Trinajstić information content (AvgIpc) is 2.71. The van der Waals surface area contributed by atoms with Gasteiger partial charge in [-0.05, 0) is 54.8 Å². The van der Waals surface area contributed by atoms with Crippen LogP contribution in [0, 0.1) is 0 Å². The molecular formula is C21H19F6NO2. The fourth-order valence-electron chi connectivity index (χ4n) is 3.25. The van der Waals surface area contributed by atoms with Gasteiger partial charge in [-0.3, -0.25) is 4.79 Å². The highest BCUT2D eigenvalue weighted by Gasteiger charge is 2.31. The van der Waals surface area contributed by atoms with E-state index >= 15 is 0 Å². The lowest BCUT2D eigenvalue weighted by Gasteiger charge is -2.33. The molecule has 1 unspecified atom stereocenters. The third-order valence-electron chi connectivity index (χ3n) is 4.89. The largest absolute Gasteiger partial charge is 0.416 e. The molecule has 0 spiro atoms. The number of benzene rings is 2. The van der Waals surface area contributed by atoms with Gasteiger partial charge >= 0.3 is 12.4 Å². The van der Waals surface area contributed by atoms with Crippen molar-refractivity contribution in [2.45, 2.75) is 37.9 Å². The molecule has 0 N–H and O–H groups in total. The highest BCUT2D eigenvalue weighted by atomic mass is 19.4. The van der Waals surface area contributed by atoms with Gasteiger partial charge in [0, 0.05) is 18.7 Å². The van der Waals surface area contributed by atoms with Crippen LogP contribution in [0.5, 0.6) is 0 Å². The summed E-state index contributed by atoms with van der Waals surface area (Å²) in [6, 6.07) is 8.70. The molecule has 3 nitrogen and oxygen atoms in total. The van der Waals surface area contributed by atoms with Gasteiger partial charge in [0.2, 0.25) is 0 Å². The van der Waals surface area contributed by atoms with E-state index in [4.69, 9.17) is 4.74 Å². The molecule has 0 aliphatic carbocycles. The number of amides is 1. The zero-order valence-corrected chi connectivity index (χ0v) is 15.8. The molecule has 1 heterocycles. The quantitative estimate of drug-likeness (QED) is 0.595. The summed E-state index contributed by atoms with van der Waals surface area (Å²) in [5.41, 5.74) is -0.826. The van der Waals surface area contributed by atoms with Crippen molar-refractivity contribution in [3.05, 3.63) is 70.8 Å². The maximum absolute atomic E-state index is 12.7. The molecule has 0 bridgehead atoms. The summed E-state index contributed by atoms with van der Waals surface area (Å²) < 4.78 is 81.6. The average molecular weight is 431 g/mol. The highest BCUT2D eigenvalue weighted by Crippen LogP contribution is 2.30. The molecule has 3 rings (SSSR count). The van der Waals surface area contributed by atoms with E-state index in [2.05, 4.69) is 0 Å². The highest BCUT2D eigenvalue weighted by molar-refractivity contribution is 5.94. The Morgan fingerprint density at radius 3 is 1.97 bits per heavy atom. The van der Waals surface area contributed by atoms with E-state index in [9.17, 15) is 31.1 Å². The van der Waals surface area contributed by atoms with Crippen LogP contribution >= 0.6 is 0 Å². The minimum Gasteiger partial charge on any atom is -0.372 e. The van der Waals surface area contributed by atoms with Crippen LogP contribution in [0.2, 0.25) is 0 Å². The van der Waals surface area contributed by atoms with Crippen LogP contribution in [0.4, 0.5) is 26.3 Å². The summed E-state index contributed by atoms with van der Waals surface area (Å²) in [5, 5.41) is 0. The molecule has 9 heteroatoms. The second-order valence-electron chi connectivity index (χ2n) is 7.10. The molecule has 2 aromatic rings. The van der Waals surface area contributed by atoms with Crippen molar-refractivity contribution in [1.29, 1.82) is 0 Å². The van der Waals surface area contributed by atoms with Gasteiger partial charge in [-0.1, -0.05) is 12.1 Å². The van der Waals surface area contributed by atoms with Crippen LogP contribution in [0.1, 0.15) is 39.9 Å². The van der Waals surface area contributed by atoms with Gasteiger partial charge in [-0.25, -0.2) is 0 Å². The first-order chi connectivity index (χ1) is 14.0. The van der Waals surface area contributed by atoms with Crippen molar-refractivity contribution in [3.8, 4) is 0 Å². The van der Waals surface area contributed by atoms with Crippen molar-refractivity contribution >= 4 is 5.91 Å². The Bertz CT molecular complexity index is 859. The Morgan fingerprint density at radius 2 is 1.43 bits per heavy atom. The lowest BCUT2D eigenvalue weighted by Crippen LogP contribution is -2.43. The van der Waals surface area contributed by atoms with Crippen LogP contribution in [-0.4, -0.2) is 30.0 Å². The summed E-state index contributed by atoms with van der Waals surface area (Å²) in [6.07, 6.45) is -7.84. The third-order valence-corrected chi connectivity index (χ3v) is 4.89. The Hall–Kier alpha value is -2.55. The summed E-state index contributed by atoms with van der Waals surface area (Å²) in [5.74, 6) is -0.383. The smallest absolute Gasteiger partial charge is 0.372 e. The summed E-state index contributed by atoms with van der Waals surface area (Å²) in [6.45, 7) is 0.825. The lowest BCUT2D eigenvalue weighted by molar-refractivity contribution is -0.138. The van der Waals surface area contributed by atoms with Gasteiger partial charge in [-0.2, -0.15) is 26.3 Å². The zero-order valence-electron chi connectivity index (χ0n) is 15.8. The third kappa shape index (κ3) is 5.53. The number of halogens is 6. The first-order valence-corrected chi connectivity index (χ1v) is 9.28. The number of alkyl halides is 6. The van der Waals surface area contributed by atoms with Crippen molar-refractivity contribution in [3.63, 3.8) is 0 Å². The molecular weight excluding hydrogens is 412 g/mol. The number of ether oxygens (including phenoxy) is 1. The molecule has 0 saturated carbocycles. The summed E-state index contributed by atoms with van der Waals surface area (Å²) >= 11 is 0. The van der Waals surface area contributed by atoms with Crippen LogP contribution < -0.4 is 0 Å². The molecule has 1 amide bonds. The number of hydrogen-bond acceptors (Lipinski definition) is 2. The van der Waals surface area contributed by atoms with E-state index in [1.807, 2.05) is 0 Å². The van der Waals surface area contributed by atoms with Crippen LogP contribution in [0.3, 0.4) is 0 Å². The van der Waals surface area contributed by atoms with E-state index in [0.29, 0.717) is 24.9 Å². The Balaban J connectivity index is 1.56. The first-order valence-electron chi connectivity index (χ1n) is 9.28. The topological polar surface area (TPSA) is 29.5 Å². The van der Waals surface area contributed by atoms with Crippen molar-refractivity contribution in [2.75, 3.05) is 13.1 Å². The van der Waals surface area contributed by atoms with Crippen LogP contribution in [0.15, 0.2) is 48.5 Å². The van der Waals surface area contributed by atoms with Gasteiger partial charge in [0.15, 0.2) is 0 Å². The molecule has 2 aromatic carbocycles. The van der Waals surface area contributed by atoms with E-state index < -0.39 is 23.5 Å². The van der Waals surface area contributed by atoms with Gasteiger partial charge in [0.1, 0.15) is 0 Å². The fraction of sp³-hybridized carbons (Fsp3) is 0.381. The number of likely N-dealkylation sites (tertiary alicyclic amines) is 1. The number of piperidine rings is 1. The number of carbonyl (C=O) groups excluding carboxylic acids is 1. The van der Waals surface area contributed by atoms with Crippen molar-refractivity contribution in [1.82, 2.24) is 4.90 Å². The molecule has 0 radical (unpaired) electrons. The lowest BCUT2D eigenvalue weighted by atomic mass is 10.1. The normalized spacial score (nSPS) is 17.8. The molecule has 1 saturated heterocycles. The second kappa shape index (κ2) is 8.67. The molecule has 1 aliphatic heterocycles. The van der Waals surface area contributed by atoms with Crippen molar-refractivity contribution < 1.29 is 35.9 Å². The van der Waals surface area contributed by atoms with Crippen molar-refractivity contribution in [2.24, 2.45) is 0 Å². The Kier molecular flexibility index (Phi) is 6.40. The molecule has 1 atom stereocenters. The minimum atomic E-state index is -4.47. The SMILES string of the molecule is O=C(c1ccc(C(F)(F)F)cc1)N1CCCC(OCc2ccc(C(F)(F)F)cc2)C1. The monoisotopic (exact) mass is 431 g/mol. The van der Waals surface area contributed by atoms with E-state index in [-0.39, 0.29) is 30.7 Å². The predicted octanol–water partition coefficient (Wildman–Crippen LogP) is 5.55. The Labute approximate surface area is 169 Å². The maximum atomic E-state index is 12.7.